The third-order valence-corrected chi connectivity index (χ3v) is 2.13. The number of anilines is 1. The van der Waals surface area contributed by atoms with Crippen molar-refractivity contribution in [2.75, 3.05) is 4.42 Å². The predicted molar refractivity (Wildman–Crippen MR) is 50.5 cm³/mol. The molecule has 0 aliphatic rings. The molecule has 1 rings (SSSR count). The second-order valence-electron chi connectivity index (χ2n) is 2.84. The van der Waals surface area contributed by atoms with Crippen molar-refractivity contribution >= 4 is 23.4 Å². The van der Waals surface area contributed by atoms with Crippen LogP contribution in [0.15, 0.2) is 24.3 Å². The van der Waals surface area contributed by atoms with E-state index in [2.05, 4.69) is 0 Å². The summed E-state index contributed by atoms with van der Waals surface area (Å²) in [6, 6.07) is 4.01. The second kappa shape index (κ2) is 4.10. The number of benzene rings is 1. The van der Waals surface area contributed by atoms with Crippen molar-refractivity contribution in [1.82, 2.24) is 0 Å². The van der Waals surface area contributed by atoms with Crippen LogP contribution in [-0.4, -0.2) is 5.91 Å². The molecule has 0 N–H and O–H groups in total. The number of rotatable bonds is 1. The highest BCUT2D eigenvalue weighted by Gasteiger charge is 2.30. The molecule has 0 bridgehead atoms. The minimum atomic E-state index is -4.38. The summed E-state index contributed by atoms with van der Waals surface area (Å²) in [6.07, 6.45) is -4.38. The highest BCUT2D eigenvalue weighted by molar-refractivity contribution is 6.36. The summed E-state index contributed by atoms with van der Waals surface area (Å²) >= 11 is 5.51. The van der Waals surface area contributed by atoms with Gasteiger partial charge in [0.15, 0.2) is 0 Å². The van der Waals surface area contributed by atoms with E-state index >= 15 is 0 Å². The van der Waals surface area contributed by atoms with E-state index in [0.29, 0.717) is 0 Å². The average molecular weight is 238 g/mol. The van der Waals surface area contributed by atoms with E-state index in [4.69, 9.17) is 11.8 Å². The Bertz CT molecular complexity index is 361. The normalized spacial score (nSPS) is 11.3. The van der Waals surface area contributed by atoms with E-state index in [0.717, 1.165) is 28.7 Å². The number of carbonyl (C=O) groups is 1. The molecule has 2 nitrogen and oxygen atoms in total. The molecule has 0 saturated heterocycles. The number of hydrogen-bond acceptors (Lipinski definition) is 1. The summed E-state index contributed by atoms with van der Waals surface area (Å²) in [4.78, 5) is 10.8. The van der Waals surface area contributed by atoms with E-state index < -0.39 is 17.6 Å². The van der Waals surface area contributed by atoms with Crippen LogP contribution in [0.4, 0.5) is 18.9 Å². The van der Waals surface area contributed by atoms with E-state index in [1.807, 2.05) is 0 Å². The van der Waals surface area contributed by atoms with Crippen LogP contribution >= 0.6 is 11.8 Å². The lowest BCUT2D eigenvalue weighted by Gasteiger charge is -2.12. The van der Waals surface area contributed by atoms with E-state index in [-0.39, 0.29) is 5.69 Å². The topological polar surface area (TPSA) is 20.3 Å². The van der Waals surface area contributed by atoms with Gasteiger partial charge in [-0.05, 0) is 24.3 Å². The van der Waals surface area contributed by atoms with Gasteiger partial charge < -0.3 is 0 Å². The summed E-state index contributed by atoms with van der Waals surface area (Å²) in [6.45, 7) is 1.21. The maximum Gasteiger partial charge on any atom is 0.416 e. The van der Waals surface area contributed by atoms with Crippen molar-refractivity contribution < 1.29 is 18.0 Å². The van der Waals surface area contributed by atoms with Gasteiger partial charge >= 0.3 is 6.18 Å². The molecule has 0 heterocycles. The molecule has 6 heteroatoms. The van der Waals surface area contributed by atoms with Crippen molar-refractivity contribution in [3.05, 3.63) is 29.8 Å². The predicted octanol–water partition coefficient (Wildman–Crippen LogP) is 3.21. The van der Waals surface area contributed by atoms with Crippen molar-refractivity contribution in [1.29, 1.82) is 0 Å². The Kier molecular flexibility index (Phi) is 3.24. The quantitative estimate of drug-likeness (QED) is 0.687. The van der Waals surface area contributed by atoms with Crippen molar-refractivity contribution in [3.63, 3.8) is 0 Å². The number of alkyl halides is 3. The fourth-order valence-electron chi connectivity index (χ4n) is 0.963. The average Bonchev–Trinajstić information content (AvgIpc) is 2.15. The van der Waals surface area contributed by atoms with E-state index in [1.54, 1.807) is 0 Å². The van der Waals surface area contributed by atoms with Crippen LogP contribution in [0, 0.1) is 0 Å². The lowest BCUT2D eigenvalue weighted by atomic mass is 10.2. The Morgan fingerprint density at radius 1 is 1.27 bits per heavy atom. The molecule has 1 amide bonds. The first-order valence-corrected chi connectivity index (χ1v) is 4.30. The molecule has 0 aliphatic heterocycles. The van der Waals surface area contributed by atoms with Crippen LogP contribution in [-0.2, 0) is 11.0 Å². The van der Waals surface area contributed by atoms with Crippen LogP contribution in [0.3, 0.4) is 0 Å². The maximum atomic E-state index is 12.2. The smallest absolute Gasteiger partial charge is 0.274 e. The third kappa shape index (κ3) is 2.86. The Hall–Kier alpha value is -1.23. The van der Waals surface area contributed by atoms with E-state index in [1.165, 1.54) is 6.92 Å². The van der Waals surface area contributed by atoms with Gasteiger partial charge in [-0.25, -0.2) is 4.42 Å². The van der Waals surface area contributed by atoms with Crippen LogP contribution in [0.1, 0.15) is 12.5 Å². The zero-order valence-corrected chi connectivity index (χ0v) is 8.43. The van der Waals surface area contributed by atoms with Gasteiger partial charge in [0.25, 0.3) is 0 Å². The highest BCUT2D eigenvalue weighted by atomic mass is 35.5. The summed E-state index contributed by atoms with van der Waals surface area (Å²) in [5.74, 6) is -0.462. The zero-order valence-electron chi connectivity index (χ0n) is 7.68. The van der Waals surface area contributed by atoms with Gasteiger partial charge in [0.1, 0.15) is 0 Å². The Balaban J connectivity index is 2.95. The molecule has 0 radical (unpaired) electrons. The van der Waals surface area contributed by atoms with Crippen LogP contribution < -0.4 is 4.42 Å². The van der Waals surface area contributed by atoms with Crippen molar-refractivity contribution in [3.8, 4) is 0 Å². The van der Waals surface area contributed by atoms with Crippen LogP contribution in [0.25, 0.3) is 0 Å². The summed E-state index contributed by atoms with van der Waals surface area (Å²) in [7, 11) is 0. The Labute approximate surface area is 89.4 Å². The molecule has 82 valence electrons. The van der Waals surface area contributed by atoms with Gasteiger partial charge in [0.2, 0.25) is 5.91 Å². The Morgan fingerprint density at radius 2 is 1.73 bits per heavy atom. The van der Waals surface area contributed by atoms with Gasteiger partial charge in [0.05, 0.1) is 11.3 Å². The molecule has 1 aromatic rings. The van der Waals surface area contributed by atoms with Crippen molar-refractivity contribution in [2.24, 2.45) is 0 Å². The lowest BCUT2D eigenvalue weighted by molar-refractivity contribution is -0.137. The summed E-state index contributed by atoms with van der Waals surface area (Å²) in [5.41, 5.74) is -0.572. The molecule has 0 unspecified atom stereocenters. The fraction of sp³-hybridized carbons (Fsp3) is 0.222. The monoisotopic (exact) mass is 237 g/mol. The van der Waals surface area contributed by atoms with Gasteiger partial charge in [-0.2, -0.15) is 13.2 Å². The van der Waals surface area contributed by atoms with E-state index in [9.17, 15) is 18.0 Å². The molecule has 15 heavy (non-hydrogen) atoms. The number of carbonyl (C=O) groups excluding carboxylic acids is 1. The third-order valence-electron chi connectivity index (χ3n) is 1.70. The SMILES string of the molecule is CC(=O)N(Cl)c1ccc(C(F)(F)F)cc1. The summed E-state index contributed by atoms with van der Waals surface area (Å²) in [5, 5.41) is 0. The molecule has 0 atom stereocenters. The minimum absolute atomic E-state index is 0.206. The number of nitrogens with zero attached hydrogens (tertiary/aromatic N) is 1. The molecule has 0 aliphatic carbocycles. The lowest BCUT2D eigenvalue weighted by Crippen LogP contribution is -2.16. The summed E-state index contributed by atoms with van der Waals surface area (Å²) < 4.78 is 37.2. The molecule has 1 aromatic carbocycles. The molecular weight excluding hydrogens is 231 g/mol. The van der Waals surface area contributed by atoms with Gasteiger partial charge in [0, 0.05) is 18.7 Å². The largest absolute Gasteiger partial charge is 0.416 e. The first kappa shape index (κ1) is 11.8. The molecular formula is C9H7ClF3NO. The van der Waals surface area contributed by atoms with Gasteiger partial charge in [-0.1, -0.05) is 0 Å². The highest BCUT2D eigenvalue weighted by Crippen LogP contribution is 2.30. The molecule has 0 spiro atoms. The van der Waals surface area contributed by atoms with Gasteiger partial charge in [-0.3, -0.25) is 4.79 Å². The molecule has 0 fully saturated rings. The second-order valence-corrected chi connectivity index (χ2v) is 3.18. The first-order valence-electron chi connectivity index (χ1n) is 3.96. The van der Waals surface area contributed by atoms with Crippen LogP contribution in [0.5, 0.6) is 0 Å². The minimum Gasteiger partial charge on any atom is -0.274 e. The fourth-order valence-corrected chi connectivity index (χ4v) is 1.08. The van der Waals surface area contributed by atoms with Gasteiger partial charge in [-0.15, -0.1) is 0 Å². The van der Waals surface area contributed by atoms with Crippen molar-refractivity contribution in [2.45, 2.75) is 13.1 Å². The zero-order chi connectivity index (χ0) is 11.6. The number of hydrogen-bond donors (Lipinski definition) is 0. The molecule has 0 aromatic heterocycles. The standard InChI is InChI=1S/C9H7ClF3NO/c1-6(15)14(10)8-4-2-7(3-5-8)9(11,12)13/h2-5H,1H3. The maximum absolute atomic E-state index is 12.2. The number of amides is 1. The first-order chi connectivity index (χ1) is 6.82. The van der Waals surface area contributed by atoms with Crippen LogP contribution in [0.2, 0.25) is 0 Å². The molecule has 0 saturated carbocycles. The Morgan fingerprint density at radius 3 is 2.07 bits per heavy atom. The number of halogens is 4.